The number of carbonyl (C=O) groups excluding carboxylic acids is 1. The van der Waals surface area contributed by atoms with Crippen LogP contribution in [0.1, 0.15) is 32.3 Å². The van der Waals surface area contributed by atoms with Gasteiger partial charge in [-0.05, 0) is 37.1 Å². The molecule has 3 nitrogen and oxygen atoms in total. The molecule has 0 spiro atoms. The molecule has 1 rings (SSSR count). The van der Waals surface area contributed by atoms with Crippen LogP contribution in [0, 0.1) is 6.92 Å². The van der Waals surface area contributed by atoms with Crippen molar-refractivity contribution in [1.29, 1.82) is 0 Å². The molecule has 0 saturated heterocycles. The lowest BCUT2D eigenvalue weighted by Gasteiger charge is -2.22. The molecular formula is C13H19ClN2O. The first-order valence-electron chi connectivity index (χ1n) is 5.86. The Hall–Kier alpha value is -1.06. The highest BCUT2D eigenvalue weighted by Crippen LogP contribution is 2.21. The summed E-state index contributed by atoms with van der Waals surface area (Å²) in [5.74, 6) is -0.0391. The molecule has 0 fully saturated rings. The topological polar surface area (TPSA) is 32.3 Å². The Morgan fingerprint density at radius 1 is 1.41 bits per heavy atom. The van der Waals surface area contributed by atoms with E-state index in [1.54, 1.807) is 11.1 Å². The van der Waals surface area contributed by atoms with Crippen LogP contribution >= 0.6 is 11.6 Å². The van der Waals surface area contributed by atoms with Crippen molar-refractivity contribution in [3.05, 3.63) is 28.8 Å². The van der Waals surface area contributed by atoms with Gasteiger partial charge in [-0.15, -0.1) is 0 Å². The molecule has 1 amide bonds. The molecule has 0 atom stereocenters. The van der Waals surface area contributed by atoms with Gasteiger partial charge in [-0.2, -0.15) is 0 Å². The minimum atomic E-state index is -0.0391. The zero-order chi connectivity index (χ0) is 12.8. The average molecular weight is 255 g/mol. The van der Waals surface area contributed by atoms with E-state index in [0.29, 0.717) is 5.02 Å². The van der Waals surface area contributed by atoms with Gasteiger partial charge in [0.25, 0.3) is 0 Å². The Morgan fingerprint density at radius 2 is 2.12 bits per heavy atom. The van der Waals surface area contributed by atoms with Gasteiger partial charge in [0.2, 0.25) is 5.91 Å². The maximum Gasteiger partial charge on any atom is 0.238 e. The third-order valence-electron chi connectivity index (χ3n) is 2.40. The van der Waals surface area contributed by atoms with E-state index in [4.69, 9.17) is 11.6 Å². The molecule has 0 bridgehead atoms. The third-order valence-corrected chi connectivity index (χ3v) is 2.62. The first kappa shape index (κ1) is 14.0. The number of carbonyl (C=O) groups is 1. The van der Waals surface area contributed by atoms with Crippen LogP contribution in [-0.2, 0) is 4.79 Å². The number of amides is 1. The van der Waals surface area contributed by atoms with E-state index in [9.17, 15) is 4.79 Å². The molecule has 0 aliphatic heterocycles. The van der Waals surface area contributed by atoms with Gasteiger partial charge in [0.1, 0.15) is 0 Å². The summed E-state index contributed by atoms with van der Waals surface area (Å²) in [6, 6.07) is 5.59. The number of halogens is 1. The van der Waals surface area contributed by atoms with E-state index in [1.807, 2.05) is 19.1 Å². The van der Waals surface area contributed by atoms with Gasteiger partial charge in [-0.25, -0.2) is 10.4 Å². The first-order valence-corrected chi connectivity index (χ1v) is 6.23. The van der Waals surface area contributed by atoms with Crippen LogP contribution in [0.15, 0.2) is 18.2 Å². The van der Waals surface area contributed by atoms with Crippen molar-refractivity contribution in [1.82, 2.24) is 5.43 Å². The molecule has 1 aromatic rings. The molecule has 0 heterocycles. The summed E-state index contributed by atoms with van der Waals surface area (Å²) >= 11 is 5.99. The number of nitrogens with one attached hydrogen (secondary N) is 1. The smallest absolute Gasteiger partial charge is 0.238 e. The van der Waals surface area contributed by atoms with Crippen LogP contribution in [0.25, 0.3) is 0 Å². The van der Waals surface area contributed by atoms with Gasteiger partial charge in [0.05, 0.1) is 5.69 Å². The number of aryl methyl sites for hydroxylation is 1. The minimum absolute atomic E-state index is 0.0391. The van der Waals surface area contributed by atoms with Gasteiger partial charge in [0.15, 0.2) is 0 Å². The Kier molecular flexibility index (Phi) is 5.45. The number of hydrogen-bond acceptors (Lipinski definition) is 2. The highest BCUT2D eigenvalue weighted by molar-refractivity contribution is 6.31. The predicted octanol–water partition coefficient (Wildman–Crippen LogP) is 3.31. The molecule has 0 aliphatic carbocycles. The Morgan fingerprint density at radius 3 is 2.65 bits per heavy atom. The largest absolute Gasteiger partial charge is 0.273 e. The van der Waals surface area contributed by atoms with Crippen molar-refractivity contribution in [3.63, 3.8) is 0 Å². The molecule has 17 heavy (non-hydrogen) atoms. The van der Waals surface area contributed by atoms with E-state index in [2.05, 4.69) is 12.3 Å². The second kappa shape index (κ2) is 6.62. The Balaban J connectivity index is 2.85. The molecule has 1 aromatic carbocycles. The van der Waals surface area contributed by atoms with Crippen LogP contribution in [-0.4, -0.2) is 12.5 Å². The van der Waals surface area contributed by atoms with E-state index < -0.39 is 0 Å². The lowest BCUT2D eigenvalue weighted by molar-refractivity contribution is -0.117. The van der Waals surface area contributed by atoms with Crippen molar-refractivity contribution >= 4 is 23.2 Å². The van der Waals surface area contributed by atoms with Crippen LogP contribution in [0.3, 0.4) is 0 Å². The van der Waals surface area contributed by atoms with E-state index >= 15 is 0 Å². The lowest BCUT2D eigenvalue weighted by Crippen LogP contribution is -2.42. The lowest BCUT2D eigenvalue weighted by atomic mass is 10.2. The molecule has 0 aliphatic rings. The predicted molar refractivity (Wildman–Crippen MR) is 72.3 cm³/mol. The molecule has 4 heteroatoms. The van der Waals surface area contributed by atoms with Crippen molar-refractivity contribution in [2.24, 2.45) is 0 Å². The van der Waals surface area contributed by atoms with E-state index in [-0.39, 0.29) is 5.91 Å². The number of nitrogens with zero attached hydrogens (tertiary/aromatic N) is 1. The quantitative estimate of drug-likeness (QED) is 0.646. The number of rotatable bonds is 5. The molecule has 0 aromatic heterocycles. The fourth-order valence-electron chi connectivity index (χ4n) is 1.60. The molecular weight excluding hydrogens is 236 g/mol. The summed E-state index contributed by atoms with van der Waals surface area (Å²) in [7, 11) is 0. The monoisotopic (exact) mass is 254 g/mol. The summed E-state index contributed by atoms with van der Waals surface area (Å²) < 4.78 is 0. The summed E-state index contributed by atoms with van der Waals surface area (Å²) in [6.07, 6.45) is 2.12. The van der Waals surface area contributed by atoms with Crippen LogP contribution in [0.4, 0.5) is 5.69 Å². The normalized spacial score (nSPS) is 10.4. The second-order valence-electron chi connectivity index (χ2n) is 4.10. The number of hydrogen-bond donors (Lipinski definition) is 1. The van der Waals surface area contributed by atoms with Crippen LogP contribution in [0.5, 0.6) is 0 Å². The number of anilines is 1. The number of benzene rings is 1. The summed E-state index contributed by atoms with van der Waals surface area (Å²) in [5, 5.41) is 2.19. The molecule has 0 radical (unpaired) electrons. The SMILES string of the molecule is CCCCNN(C(C)=O)c1cc(C)cc(Cl)c1. The van der Waals surface area contributed by atoms with Crippen molar-refractivity contribution in [2.75, 3.05) is 11.6 Å². The molecule has 0 unspecified atom stereocenters. The number of unbranched alkanes of at least 4 members (excludes halogenated alkanes) is 1. The van der Waals surface area contributed by atoms with Crippen molar-refractivity contribution < 1.29 is 4.79 Å². The van der Waals surface area contributed by atoms with E-state index in [1.165, 1.54) is 6.92 Å². The van der Waals surface area contributed by atoms with Gasteiger partial charge in [-0.1, -0.05) is 24.9 Å². The average Bonchev–Trinajstić information content (AvgIpc) is 2.22. The molecule has 1 N–H and O–H groups in total. The third kappa shape index (κ3) is 4.36. The fraction of sp³-hybridized carbons (Fsp3) is 0.462. The maximum absolute atomic E-state index is 11.6. The minimum Gasteiger partial charge on any atom is -0.273 e. The summed E-state index contributed by atoms with van der Waals surface area (Å²) in [5.41, 5.74) is 4.94. The number of hydrazine groups is 1. The van der Waals surface area contributed by atoms with Crippen molar-refractivity contribution in [3.8, 4) is 0 Å². The van der Waals surface area contributed by atoms with Gasteiger partial charge >= 0.3 is 0 Å². The Bertz CT molecular complexity index is 373. The highest BCUT2D eigenvalue weighted by atomic mass is 35.5. The van der Waals surface area contributed by atoms with E-state index in [0.717, 1.165) is 30.6 Å². The van der Waals surface area contributed by atoms with Crippen molar-refractivity contribution in [2.45, 2.75) is 33.6 Å². The van der Waals surface area contributed by atoms with Gasteiger partial charge < -0.3 is 0 Å². The first-order chi connectivity index (χ1) is 8.04. The van der Waals surface area contributed by atoms with Gasteiger partial charge in [-0.3, -0.25) is 4.79 Å². The molecule has 94 valence electrons. The van der Waals surface area contributed by atoms with Gasteiger partial charge in [0, 0.05) is 18.5 Å². The van der Waals surface area contributed by atoms with Crippen LogP contribution in [0.2, 0.25) is 5.02 Å². The summed E-state index contributed by atoms with van der Waals surface area (Å²) in [4.78, 5) is 11.6. The maximum atomic E-state index is 11.6. The Labute approximate surface area is 108 Å². The molecule has 0 saturated carbocycles. The second-order valence-corrected chi connectivity index (χ2v) is 4.54. The fourth-order valence-corrected chi connectivity index (χ4v) is 1.88. The van der Waals surface area contributed by atoms with Crippen LogP contribution < -0.4 is 10.4 Å². The highest BCUT2D eigenvalue weighted by Gasteiger charge is 2.11. The zero-order valence-corrected chi connectivity index (χ0v) is 11.3. The standard InChI is InChI=1S/C13H19ClN2O/c1-4-5-6-15-16(11(3)17)13-8-10(2)7-12(14)9-13/h7-9,15H,4-6H2,1-3H3. The summed E-state index contributed by atoms with van der Waals surface area (Å²) in [6.45, 7) is 6.39. The zero-order valence-electron chi connectivity index (χ0n) is 10.6.